The lowest BCUT2D eigenvalue weighted by atomic mass is 9.22. The Bertz CT molecular complexity index is 1110. The largest absolute Gasteiger partial charge is 0.481 e. The molecule has 7 rings (SSSR count). The molecule has 3 N–H and O–H groups in total. The molecule has 40 heavy (non-hydrogen) atoms. The molecule has 1 spiro atoms. The van der Waals surface area contributed by atoms with E-state index in [1.165, 1.54) is 12.8 Å². The Morgan fingerprint density at radius 1 is 0.850 bits per heavy atom. The molecule has 0 aromatic heterocycles. The summed E-state index contributed by atoms with van der Waals surface area (Å²) in [6.07, 6.45) is 13.3. The van der Waals surface area contributed by atoms with Gasteiger partial charge in [0.1, 0.15) is 0 Å². The Morgan fingerprint density at radius 3 is 2.23 bits per heavy atom. The number of carbonyl (C=O) groups is 1. The fraction of sp³-hybridized carbons (Fsp3) is 0.971. The lowest BCUT2D eigenvalue weighted by Crippen LogP contribution is -2.78. The molecule has 6 saturated carbocycles. The molecule has 0 radical (unpaired) electrons. The number of rotatable bonds is 4. The molecule has 5 heteroatoms. The smallest absolute Gasteiger partial charge is 0.309 e. The fourth-order valence-electron chi connectivity index (χ4n) is 14.9. The van der Waals surface area contributed by atoms with Crippen LogP contribution in [-0.4, -0.2) is 40.3 Å². The number of aliphatic carboxylic acids is 1. The minimum atomic E-state index is -1.03. The number of carboxylic acids is 1. The lowest BCUT2D eigenvalue weighted by molar-refractivity contribution is -0.355. The lowest BCUT2D eigenvalue weighted by Gasteiger charge is -2.81. The van der Waals surface area contributed by atoms with Gasteiger partial charge in [-0.2, -0.15) is 0 Å². The molecule has 13 unspecified atom stereocenters. The summed E-state index contributed by atoms with van der Waals surface area (Å²) < 4.78 is 6.46. The summed E-state index contributed by atoms with van der Waals surface area (Å²) in [6, 6.07) is 0. The third kappa shape index (κ3) is 2.78. The molecule has 2 bridgehead atoms. The highest BCUT2D eigenvalue weighted by molar-refractivity contribution is 5.74. The number of fused-ring (bicyclic) bond motifs is 5. The Kier molecular flexibility index (Phi) is 5.69. The molecule has 0 aromatic carbocycles. The van der Waals surface area contributed by atoms with E-state index in [4.69, 9.17) is 4.74 Å². The van der Waals surface area contributed by atoms with Crippen molar-refractivity contribution in [1.29, 1.82) is 0 Å². The zero-order chi connectivity index (χ0) is 28.8. The van der Waals surface area contributed by atoms with Gasteiger partial charge in [0.15, 0.2) is 5.79 Å². The van der Waals surface area contributed by atoms with Gasteiger partial charge >= 0.3 is 5.97 Å². The summed E-state index contributed by atoms with van der Waals surface area (Å²) in [5, 5.41) is 34.1. The summed E-state index contributed by atoms with van der Waals surface area (Å²) >= 11 is 0. The van der Waals surface area contributed by atoms with Gasteiger partial charge in [0.25, 0.3) is 0 Å². The normalized spacial score (nSPS) is 61.8. The van der Waals surface area contributed by atoms with Crippen LogP contribution in [0.3, 0.4) is 0 Å². The van der Waals surface area contributed by atoms with Crippen molar-refractivity contribution in [2.24, 2.45) is 67.5 Å². The molecule has 7 fully saturated rings. The van der Waals surface area contributed by atoms with E-state index >= 15 is 0 Å². The summed E-state index contributed by atoms with van der Waals surface area (Å²) in [5.41, 5.74) is -0.596. The van der Waals surface area contributed by atoms with Gasteiger partial charge in [-0.1, -0.05) is 41.0 Å². The third-order valence-electron chi connectivity index (χ3n) is 17.0. The Hall–Kier alpha value is -0.650. The predicted molar refractivity (Wildman–Crippen MR) is 154 cm³/mol. The maximum atomic E-state index is 12.6. The van der Waals surface area contributed by atoms with E-state index < -0.39 is 17.2 Å². The standard InChI is InChI=1S/C35H56O5/c1-7-8-25-33-12-11-24-30(4)16-15-28(2)13-14-29(3,27(37)38)19-26(28)31(30,5)17-22-9-10-23(18-35(25,39)40-21-33)34(33,20-36)32(22,24)6/h22-26,36,39H,7-21H2,1-6H3,(H,37,38). The minimum absolute atomic E-state index is 0.00327. The van der Waals surface area contributed by atoms with Crippen LogP contribution in [0.25, 0.3) is 0 Å². The first-order chi connectivity index (χ1) is 18.7. The van der Waals surface area contributed by atoms with Crippen molar-refractivity contribution in [2.75, 3.05) is 13.2 Å². The summed E-state index contributed by atoms with van der Waals surface area (Å²) in [6.45, 7) is 15.3. The summed E-state index contributed by atoms with van der Waals surface area (Å²) in [7, 11) is 0. The predicted octanol–water partition coefficient (Wildman–Crippen LogP) is 7.04. The van der Waals surface area contributed by atoms with Crippen LogP contribution in [0.15, 0.2) is 0 Å². The SMILES string of the molecule is CCCC1C2(O)CC3CCC4CC5(C)C6CC(C)(C(=O)O)CCC6(C)CCC5(C)C5CCC1(CO2)C3(CO)C45C. The first-order valence-corrected chi connectivity index (χ1v) is 16.9. The number of aliphatic hydroxyl groups excluding tert-OH is 1. The zero-order valence-corrected chi connectivity index (χ0v) is 26.2. The second kappa shape index (κ2) is 8.08. The average molecular weight is 557 g/mol. The van der Waals surface area contributed by atoms with Gasteiger partial charge in [0.2, 0.25) is 0 Å². The van der Waals surface area contributed by atoms with Crippen molar-refractivity contribution < 1.29 is 24.9 Å². The molecule has 226 valence electrons. The van der Waals surface area contributed by atoms with Crippen LogP contribution in [0.2, 0.25) is 0 Å². The fourth-order valence-corrected chi connectivity index (χ4v) is 14.9. The number of hydrogen-bond acceptors (Lipinski definition) is 4. The van der Waals surface area contributed by atoms with Crippen molar-refractivity contribution in [3.63, 3.8) is 0 Å². The maximum absolute atomic E-state index is 12.6. The number of carboxylic acid groups (broad SMARTS) is 1. The van der Waals surface area contributed by atoms with Crippen LogP contribution in [0.5, 0.6) is 0 Å². The maximum Gasteiger partial charge on any atom is 0.309 e. The average Bonchev–Trinajstić information content (AvgIpc) is 3.09. The Morgan fingerprint density at radius 2 is 1.55 bits per heavy atom. The highest BCUT2D eigenvalue weighted by Crippen LogP contribution is 2.86. The van der Waals surface area contributed by atoms with Crippen LogP contribution in [0.4, 0.5) is 0 Å². The van der Waals surface area contributed by atoms with Crippen LogP contribution in [0.1, 0.15) is 125 Å². The highest BCUT2D eigenvalue weighted by Gasteiger charge is 2.84. The van der Waals surface area contributed by atoms with Crippen molar-refractivity contribution in [3.8, 4) is 0 Å². The molecular formula is C35H56O5. The van der Waals surface area contributed by atoms with E-state index in [1.54, 1.807) is 0 Å². The van der Waals surface area contributed by atoms with Crippen LogP contribution >= 0.6 is 0 Å². The molecule has 5 nitrogen and oxygen atoms in total. The molecule has 1 heterocycles. The molecular weight excluding hydrogens is 500 g/mol. The number of ether oxygens (including phenoxy) is 1. The molecule has 0 aromatic rings. The van der Waals surface area contributed by atoms with E-state index in [9.17, 15) is 20.1 Å². The molecule has 0 amide bonds. The van der Waals surface area contributed by atoms with Gasteiger partial charge < -0.3 is 20.1 Å². The van der Waals surface area contributed by atoms with E-state index in [1.807, 2.05) is 6.92 Å². The Balaban J connectivity index is 1.38. The van der Waals surface area contributed by atoms with Crippen molar-refractivity contribution in [1.82, 2.24) is 0 Å². The summed E-state index contributed by atoms with van der Waals surface area (Å²) in [5.74, 6) is 0.202. The van der Waals surface area contributed by atoms with Crippen LogP contribution in [0, 0.1) is 67.5 Å². The van der Waals surface area contributed by atoms with E-state index in [0.29, 0.717) is 36.7 Å². The monoisotopic (exact) mass is 556 g/mol. The van der Waals surface area contributed by atoms with Gasteiger partial charge in [0, 0.05) is 23.2 Å². The number of aliphatic hydroxyl groups is 2. The Labute approximate surface area is 242 Å². The van der Waals surface area contributed by atoms with Gasteiger partial charge in [-0.3, -0.25) is 4.79 Å². The first kappa shape index (κ1) is 28.1. The van der Waals surface area contributed by atoms with Crippen LogP contribution < -0.4 is 0 Å². The van der Waals surface area contributed by atoms with Crippen LogP contribution in [-0.2, 0) is 9.53 Å². The van der Waals surface area contributed by atoms with Crippen molar-refractivity contribution in [3.05, 3.63) is 0 Å². The van der Waals surface area contributed by atoms with E-state index in [2.05, 4.69) is 34.6 Å². The highest BCUT2D eigenvalue weighted by atomic mass is 16.6. The second-order valence-corrected chi connectivity index (χ2v) is 17.6. The number of hydrogen-bond donors (Lipinski definition) is 3. The van der Waals surface area contributed by atoms with Gasteiger partial charge in [-0.15, -0.1) is 0 Å². The van der Waals surface area contributed by atoms with Gasteiger partial charge in [-0.25, -0.2) is 0 Å². The van der Waals surface area contributed by atoms with E-state index in [-0.39, 0.29) is 45.0 Å². The molecule has 1 aliphatic heterocycles. The first-order valence-electron chi connectivity index (χ1n) is 16.9. The minimum Gasteiger partial charge on any atom is -0.481 e. The van der Waals surface area contributed by atoms with Gasteiger partial charge in [-0.05, 0) is 123 Å². The zero-order valence-electron chi connectivity index (χ0n) is 26.2. The summed E-state index contributed by atoms with van der Waals surface area (Å²) in [4.78, 5) is 12.6. The third-order valence-corrected chi connectivity index (χ3v) is 17.0. The molecule has 6 aliphatic carbocycles. The second-order valence-electron chi connectivity index (χ2n) is 17.6. The van der Waals surface area contributed by atoms with Crippen molar-refractivity contribution >= 4 is 5.97 Å². The van der Waals surface area contributed by atoms with Crippen molar-refractivity contribution in [2.45, 2.75) is 131 Å². The molecule has 1 saturated heterocycles. The van der Waals surface area contributed by atoms with E-state index in [0.717, 1.165) is 64.2 Å². The topological polar surface area (TPSA) is 87.0 Å². The van der Waals surface area contributed by atoms with Gasteiger partial charge in [0.05, 0.1) is 18.6 Å². The quantitative estimate of drug-likeness (QED) is 0.346. The molecule has 7 aliphatic rings. The molecule has 13 atom stereocenters.